The molecule has 1 N–H and O–H groups in total. The van der Waals surface area contributed by atoms with Crippen molar-refractivity contribution in [3.63, 3.8) is 0 Å². The van der Waals surface area contributed by atoms with Crippen LogP contribution in [0, 0.1) is 22.7 Å². The second-order valence-corrected chi connectivity index (χ2v) is 8.01. The first-order valence-corrected chi connectivity index (χ1v) is 8.25. The maximum Gasteiger partial charge on any atom is 0.223 e. The van der Waals surface area contributed by atoms with Gasteiger partial charge in [-0.15, -0.1) is 0 Å². The Labute approximate surface area is 117 Å². The minimum atomic E-state index is 0.305. The molecular weight excluding hydrogens is 234 g/mol. The lowest BCUT2D eigenvalue weighted by Crippen LogP contribution is -2.48. The Morgan fingerprint density at radius 1 is 1.05 bits per heavy atom. The van der Waals surface area contributed by atoms with Crippen molar-refractivity contribution in [3.8, 4) is 0 Å². The molecule has 2 nitrogen and oxygen atoms in total. The standard InChI is InChI=1S/C17H29NO/c1-16(2)13-9-10-17(16,3)14(11-13)18-15(19)12-7-5-4-6-8-12/h12-14H,4-11H2,1-3H3,(H,18,19)/t13-,14-,17+/m0/s1. The van der Waals surface area contributed by atoms with E-state index < -0.39 is 0 Å². The van der Waals surface area contributed by atoms with Gasteiger partial charge in [0, 0.05) is 12.0 Å². The molecule has 0 unspecified atom stereocenters. The molecule has 0 radical (unpaired) electrons. The van der Waals surface area contributed by atoms with Gasteiger partial charge in [0.05, 0.1) is 0 Å². The van der Waals surface area contributed by atoms with Crippen LogP contribution in [0.1, 0.15) is 72.1 Å². The highest BCUT2D eigenvalue weighted by Crippen LogP contribution is 2.65. The zero-order valence-electron chi connectivity index (χ0n) is 12.8. The maximum atomic E-state index is 12.5. The Morgan fingerprint density at radius 2 is 1.74 bits per heavy atom. The van der Waals surface area contributed by atoms with Crippen molar-refractivity contribution in [2.75, 3.05) is 0 Å². The van der Waals surface area contributed by atoms with Crippen LogP contribution < -0.4 is 5.32 Å². The van der Waals surface area contributed by atoms with Crippen LogP contribution in [0.25, 0.3) is 0 Å². The molecule has 0 heterocycles. The molecular formula is C17H29NO. The van der Waals surface area contributed by atoms with Crippen molar-refractivity contribution >= 4 is 5.91 Å². The van der Waals surface area contributed by atoms with Gasteiger partial charge in [-0.1, -0.05) is 40.0 Å². The fraction of sp³-hybridized carbons (Fsp3) is 0.941. The molecule has 3 fully saturated rings. The van der Waals surface area contributed by atoms with E-state index in [1.54, 1.807) is 0 Å². The van der Waals surface area contributed by atoms with Crippen molar-refractivity contribution in [1.29, 1.82) is 0 Å². The molecule has 3 aliphatic carbocycles. The summed E-state index contributed by atoms with van der Waals surface area (Å²) in [4.78, 5) is 12.5. The van der Waals surface area contributed by atoms with Crippen LogP contribution in [0.15, 0.2) is 0 Å². The van der Waals surface area contributed by atoms with Gasteiger partial charge in [0.15, 0.2) is 0 Å². The fourth-order valence-electron chi connectivity index (χ4n) is 5.08. The van der Waals surface area contributed by atoms with Crippen molar-refractivity contribution in [2.24, 2.45) is 22.7 Å². The van der Waals surface area contributed by atoms with Crippen LogP contribution in [0.2, 0.25) is 0 Å². The van der Waals surface area contributed by atoms with E-state index in [1.165, 1.54) is 38.5 Å². The largest absolute Gasteiger partial charge is 0.353 e. The van der Waals surface area contributed by atoms with Gasteiger partial charge in [0.1, 0.15) is 0 Å². The van der Waals surface area contributed by atoms with E-state index in [4.69, 9.17) is 0 Å². The highest BCUT2D eigenvalue weighted by molar-refractivity contribution is 5.79. The van der Waals surface area contributed by atoms with E-state index in [2.05, 4.69) is 26.1 Å². The molecule has 3 rings (SSSR count). The summed E-state index contributed by atoms with van der Waals surface area (Å²) in [6.07, 6.45) is 9.90. The maximum absolute atomic E-state index is 12.5. The minimum Gasteiger partial charge on any atom is -0.353 e. The zero-order valence-corrected chi connectivity index (χ0v) is 12.8. The Kier molecular flexibility index (Phi) is 3.18. The molecule has 19 heavy (non-hydrogen) atoms. The molecule has 3 aliphatic rings. The molecule has 3 atom stereocenters. The molecule has 1 amide bonds. The second-order valence-electron chi connectivity index (χ2n) is 8.01. The number of fused-ring (bicyclic) bond motifs is 2. The molecule has 0 aliphatic heterocycles. The Morgan fingerprint density at radius 3 is 2.26 bits per heavy atom. The fourth-order valence-corrected chi connectivity index (χ4v) is 5.08. The topological polar surface area (TPSA) is 29.1 Å². The van der Waals surface area contributed by atoms with E-state index in [1.807, 2.05) is 0 Å². The smallest absolute Gasteiger partial charge is 0.223 e. The summed E-state index contributed by atoms with van der Waals surface area (Å²) in [6, 6.07) is 0.427. The quantitative estimate of drug-likeness (QED) is 0.804. The van der Waals surface area contributed by atoms with E-state index in [0.717, 1.165) is 18.8 Å². The van der Waals surface area contributed by atoms with Crippen LogP contribution in [0.4, 0.5) is 0 Å². The molecule has 0 saturated heterocycles. The van der Waals surface area contributed by atoms with Crippen molar-refractivity contribution in [3.05, 3.63) is 0 Å². The minimum absolute atomic E-state index is 0.305. The van der Waals surface area contributed by atoms with Gasteiger partial charge < -0.3 is 5.32 Å². The van der Waals surface area contributed by atoms with Gasteiger partial charge in [-0.2, -0.15) is 0 Å². The Balaban J connectivity index is 1.66. The van der Waals surface area contributed by atoms with Gasteiger partial charge in [0.25, 0.3) is 0 Å². The lowest BCUT2D eigenvalue weighted by Gasteiger charge is -2.40. The molecule has 0 spiro atoms. The third kappa shape index (κ3) is 1.94. The molecule has 108 valence electrons. The van der Waals surface area contributed by atoms with E-state index in [9.17, 15) is 4.79 Å². The van der Waals surface area contributed by atoms with E-state index >= 15 is 0 Å². The van der Waals surface area contributed by atoms with Crippen LogP contribution >= 0.6 is 0 Å². The molecule has 3 saturated carbocycles. The van der Waals surface area contributed by atoms with Gasteiger partial charge >= 0.3 is 0 Å². The normalized spacial score (nSPS) is 41.4. The van der Waals surface area contributed by atoms with Gasteiger partial charge in [-0.3, -0.25) is 4.79 Å². The number of hydrogen-bond donors (Lipinski definition) is 1. The van der Waals surface area contributed by atoms with E-state index in [0.29, 0.717) is 28.7 Å². The summed E-state index contributed by atoms with van der Waals surface area (Å²) >= 11 is 0. The first-order chi connectivity index (χ1) is 8.95. The van der Waals surface area contributed by atoms with Crippen LogP contribution in [0.3, 0.4) is 0 Å². The van der Waals surface area contributed by atoms with Crippen molar-refractivity contribution in [1.82, 2.24) is 5.32 Å². The summed E-state index contributed by atoms with van der Waals surface area (Å²) in [7, 11) is 0. The first kappa shape index (κ1) is 13.5. The van der Waals surface area contributed by atoms with Gasteiger partial charge in [0.2, 0.25) is 5.91 Å². The number of carbonyl (C=O) groups is 1. The second kappa shape index (κ2) is 4.49. The summed E-state index contributed by atoms with van der Waals surface area (Å²) in [5, 5.41) is 3.44. The number of carbonyl (C=O) groups excluding carboxylic acids is 1. The monoisotopic (exact) mass is 263 g/mol. The molecule has 0 aromatic heterocycles. The van der Waals surface area contributed by atoms with Crippen LogP contribution in [0.5, 0.6) is 0 Å². The Bertz CT molecular complexity index is 369. The summed E-state index contributed by atoms with van der Waals surface area (Å²) < 4.78 is 0. The molecule has 2 heteroatoms. The zero-order chi connectivity index (χ0) is 13.7. The predicted molar refractivity (Wildman–Crippen MR) is 77.7 cm³/mol. The molecule has 2 bridgehead atoms. The summed E-state index contributed by atoms with van der Waals surface area (Å²) in [5.41, 5.74) is 0.722. The lowest BCUT2D eigenvalue weighted by atomic mass is 9.69. The lowest BCUT2D eigenvalue weighted by molar-refractivity contribution is -0.127. The van der Waals surface area contributed by atoms with Crippen molar-refractivity contribution < 1.29 is 4.79 Å². The van der Waals surface area contributed by atoms with E-state index in [-0.39, 0.29) is 0 Å². The SMILES string of the molecule is CC1(C)[C@H]2CC[C@]1(C)[C@@H](NC(=O)C1CCCCC1)C2. The van der Waals surface area contributed by atoms with Crippen LogP contribution in [-0.2, 0) is 4.79 Å². The van der Waals surface area contributed by atoms with Crippen molar-refractivity contribution in [2.45, 2.75) is 78.2 Å². The summed E-state index contributed by atoms with van der Waals surface area (Å²) in [5.74, 6) is 1.48. The third-order valence-electron chi connectivity index (χ3n) is 7.09. The van der Waals surface area contributed by atoms with Gasteiger partial charge in [-0.05, 0) is 48.9 Å². The predicted octanol–water partition coefficient (Wildman–Crippen LogP) is 3.90. The molecule has 0 aromatic carbocycles. The number of amides is 1. The molecule has 0 aromatic rings. The number of hydrogen-bond acceptors (Lipinski definition) is 1. The van der Waals surface area contributed by atoms with Gasteiger partial charge in [-0.25, -0.2) is 0 Å². The third-order valence-corrected chi connectivity index (χ3v) is 7.09. The Hall–Kier alpha value is -0.530. The first-order valence-electron chi connectivity index (χ1n) is 8.25. The van der Waals surface area contributed by atoms with Crippen LogP contribution in [-0.4, -0.2) is 11.9 Å². The average molecular weight is 263 g/mol. The highest BCUT2D eigenvalue weighted by Gasteiger charge is 2.61. The number of rotatable bonds is 2. The highest BCUT2D eigenvalue weighted by atomic mass is 16.2. The average Bonchev–Trinajstić information content (AvgIpc) is 2.73. The summed E-state index contributed by atoms with van der Waals surface area (Å²) in [6.45, 7) is 7.24. The number of nitrogens with one attached hydrogen (secondary N) is 1.